The van der Waals surface area contributed by atoms with Gasteiger partial charge in [-0.25, -0.2) is 14.1 Å². The van der Waals surface area contributed by atoms with Gasteiger partial charge in [0.05, 0.1) is 23.6 Å². The number of nitrogens with zero attached hydrogens (tertiary/aromatic N) is 3. The highest BCUT2D eigenvalue weighted by Crippen LogP contribution is 2.26. The van der Waals surface area contributed by atoms with Crippen molar-refractivity contribution in [2.45, 2.75) is 11.4 Å². The molecule has 1 heterocycles. The van der Waals surface area contributed by atoms with Crippen LogP contribution in [0.4, 0.5) is 4.39 Å². The van der Waals surface area contributed by atoms with Crippen LogP contribution in [-0.4, -0.2) is 15.7 Å². The molecule has 0 bridgehead atoms. The van der Waals surface area contributed by atoms with E-state index < -0.39 is 0 Å². The number of rotatable bonds is 6. The third-order valence-corrected chi connectivity index (χ3v) is 5.76. The molecule has 0 atom stereocenters. The molecule has 9 heteroatoms. The van der Waals surface area contributed by atoms with E-state index >= 15 is 0 Å². The van der Waals surface area contributed by atoms with E-state index in [1.54, 1.807) is 12.1 Å². The largest absolute Gasteiger partial charge is 0.369 e. The number of aliphatic imine (C=N–C) groups is 1. The predicted octanol–water partition coefficient (Wildman–Crippen LogP) is 6.10. The zero-order chi connectivity index (χ0) is 22.5. The number of hydrogen-bond donors (Lipinski definition) is 2. The van der Waals surface area contributed by atoms with Crippen LogP contribution in [0, 0.1) is 5.82 Å². The fourth-order valence-electron chi connectivity index (χ4n) is 2.95. The smallest absolute Gasteiger partial charge is 0.199 e. The molecule has 32 heavy (non-hydrogen) atoms. The van der Waals surface area contributed by atoms with E-state index in [1.807, 2.05) is 59.3 Å². The molecule has 3 N–H and O–H groups in total. The number of hydrogen-bond acceptors (Lipinski definition) is 3. The van der Waals surface area contributed by atoms with E-state index in [2.05, 4.69) is 9.71 Å². The van der Waals surface area contributed by atoms with Gasteiger partial charge in [-0.15, -0.1) is 0 Å². The number of halogens is 3. The van der Waals surface area contributed by atoms with Gasteiger partial charge in [-0.3, -0.25) is 4.72 Å². The van der Waals surface area contributed by atoms with Gasteiger partial charge in [-0.1, -0.05) is 41.4 Å². The number of nitrogens with two attached hydrogens (primary N) is 1. The lowest BCUT2D eigenvalue weighted by Crippen LogP contribution is -2.25. The Kier molecular flexibility index (Phi) is 6.99. The van der Waals surface area contributed by atoms with Crippen LogP contribution in [0.1, 0.15) is 5.69 Å². The Morgan fingerprint density at radius 2 is 1.69 bits per heavy atom. The molecular formula is C23H18Cl2FN5S. The Morgan fingerprint density at radius 1 is 1.00 bits per heavy atom. The van der Waals surface area contributed by atoms with Gasteiger partial charge < -0.3 is 5.73 Å². The Hall–Kier alpha value is -3.00. The van der Waals surface area contributed by atoms with E-state index in [-0.39, 0.29) is 18.3 Å². The Labute approximate surface area is 199 Å². The lowest BCUT2D eigenvalue weighted by molar-refractivity contribution is 0.624. The lowest BCUT2D eigenvalue weighted by atomic mass is 10.1. The summed E-state index contributed by atoms with van der Waals surface area (Å²) in [5, 5.41) is 6.01. The molecule has 0 saturated carbocycles. The van der Waals surface area contributed by atoms with Gasteiger partial charge in [0.1, 0.15) is 5.82 Å². The van der Waals surface area contributed by atoms with Crippen LogP contribution >= 0.6 is 35.1 Å². The molecule has 0 aliphatic rings. The minimum absolute atomic E-state index is 0.216. The SMILES string of the molecule is NC(=NCc1cc(-c2ccc(Cl)cc2)n(-c2ccc(Cl)cc2)n1)NSc1cccc(F)c1. The summed E-state index contributed by atoms with van der Waals surface area (Å²) in [6, 6.07) is 23.1. The predicted molar refractivity (Wildman–Crippen MR) is 130 cm³/mol. The molecule has 0 unspecified atom stereocenters. The van der Waals surface area contributed by atoms with E-state index in [0.29, 0.717) is 14.9 Å². The maximum Gasteiger partial charge on any atom is 0.199 e. The van der Waals surface area contributed by atoms with Crippen molar-refractivity contribution in [3.8, 4) is 16.9 Å². The van der Waals surface area contributed by atoms with Crippen LogP contribution in [0.3, 0.4) is 0 Å². The summed E-state index contributed by atoms with van der Waals surface area (Å²) in [7, 11) is 0. The topological polar surface area (TPSA) is 68.2 Å². The first-order valence-electron chi connectivity index (χ1n) is 9.57. The summed E-state index contributed by atoms with van der Waals surface area (Å²) in [6.07, 6.45) is 0. The third kappa shape index (κ3) is 5.62. The molecule has 0 radical (unpaired) electrons. The summed E-state index contributed by atoms with van der Waals surface area (Å²) in [5.41, 5.74) is 9.40. The Morgan fingerprint density at radius 3 is 2.38 bits per heavy atom. The molecule has 0 aliphatic heterocycles. The van der Waals surface area contributed by atoms with Gasteiger partial charge in [0.15, 0.2) is 5.96 Å². The first-order chi connectivity index (χ1) is 15.5. The van der Waals surface area contributed by atoms with Crippen molar-refractivity contribution in [2.24, 2.45) is 10.7 Å². The lowest BCUT2D eigenvalue weighted by Gasteiger charge is -2.08. The Bertz CT molecular complexity index is 1180. The number of guanidine groups is 1. The summed E-state index contributed by atoms with van der Waals surface area (Å²) in [5.74, 6) is -0.0943. The first kappa shape index (κ1) is 22.2. The number of benzene rings is 3. The average Bonchev–Trinajstić information content (AvgIpc) is 3.21. The summed E-state index contributed by atoms with van der Waals surface area (Å²) >= 11 is 13.3. The molecule has 162 valence electrons. The monoisotopic (exact) mass is 485 g/mol. The first-order valence-corrected chi connectivity index (χ1v) is 11.1. The molecule has 5 nitrogen and oxygen atoms in total. The van der Waals surface area contributed by atoms with Crippen molar-refractivity contribution in [3.63, 3.8) is 0 Å². The zero-order valence-corrected chi connectivity index (χ0v) is 19.0. The fourth-order valence-corrected chi connectivity index (χ4v) is 3.81. The fraction of sp³-hybridized carbons (Fsp3) is 0.0435. The van der Waals surface area contributed by atoms with E-state index in [9.17, 15) is 4.39 Å². The van der Waals surface area contributed by atoms with Crippen molar-refractivity contribution in [3.05, 3.63) is 100 Å². The van der Waals surface area contributed by atoms with Crippen molar-refractivity contribution in [2.75, 3.05) is 0 Å². The molecule has 0 amide bonds. The van der Waals surface area contributed by atoms with Crippen LogP contribution in [0.5, 0.6) is 0 Å². The molecule has 1 aromatic heterocycles. The minimum atomic E-state index is -0.310. The normalized spacial score (nSPS) is 11.5. The molecule has 0 spiro atoms. The number of aromatic nitrogens is 2. The highest BCUT2D eigenvalue weighted by Gasteiger charge is 2.12. The van der Waals surface area contributed by atoms with Crippen molar-refractivity contribution < 1.29 is 4.39 Å². The maximum absolute atomic E-state index is 13.3. The zero-order valence-electron chi connectivity index (χ0n) is 16.7. The minimum Gasteiger partial charge on any atom is -0.369 e. The standard InChI is InChI=1S/C23H18Cl2FN5S/c24-16-6-4-15(5-7-16)22-13-19(29-31(22)20-10-8-17(25)9-11-20)14-28-23(27)30-32-21-3-1-2-18(26)12-21/h1-13H,14H2,(H3,27,28,30). The van der Waals surface area contributed by atoms with Gasteiger partial charge in [-0.2, -0.15) is 5.10 Å². The van der Waals surface area contributed by atoms with Gasteiger partial charge >= 0.3 is 0 Å². The van der Waals surface area contributed by atoms with Crippen molar-refractivity contribution in [1.82, 2.24) is 14.5 Å². The molecule has 0 saturated heterocycles. The van der Waals surface area contributed by atoms with Gasteiger partial charge in [0.2, 0.25) is 0 Å². The second kappa shape index (κ2) is 10.1. The second-order valence-corrected chi connectivity index (χ2v) is 8.53. The van der Waals surface area contributed by atoms with E-state index in [4.69, 9.17) is 34.0 Å². The molecule has 4 aromatic rings. The summed E-state index contributed by atoms with van der Waals surface area (Å²) in [6.45, 7) is 0.268. The van der Waals surface area contributed by atoms with Crippen molar-refractivity contribution >= 4 is 41.1 Å². The van der Waals surface area contributed by atoms with E-state index in [1.165, 1.54) is 24.1 Å². The molecule has 3 aromatic carbocycles. The molecular weight excluding hydrogens is 468 g/mol. The highest BCUT2D eigenvalue weighted by atomic mass is 35.5. The van der Waals surface area contributed by atoms with Gasteiger partial charge in [0.25, 0.3) is 0 Å². The van der Waals surface area contributed by atoms with Gasteiger partial charge in [0, 0.05) is 20.5 Å². The average molecular weight is 486 g/mol. The third-order valence-electron chi connectivity index (χ3n) is 4.45. The van der Waals surface area contributed by atoms with Crippen LogP contribution in [0.25, 0.3) is 16.9 Å². The molecule has 0 fully saturated rings. The second-order valence-electron chi connectivity index (χ2n) is 6.78. The van der Waals surface area contributed by atoms with Crippen molar-refractivity contribution in [1.29, 1.82) is 0 Å². The highest BCUT2D eigenvalue weighted by molar-refractivity contribution is 7.98. The maximum atomic E-state index is 13.3. The number of nitrogens with one attached hydrogen (secondary N) is 1. The van der Waals surface area contributed by atoms with Crippen LogP contribution in [0.15, 0.2) is 88.8 Å². The quantitative estimate of drug-likeness (QED) is 0.196. The van der Waals surface area contributed by atoms with Crippen LogP contribution in [-0.2, 0) is 6.54 Å². The van der Waals surface area contributed by atoms with E-state index in [0.717, 1.165) is 22.6 Å². The van der Waals surface area contributed by atoms with Crippen LogP contribution < -0.4 is 10.5 Å². The summed E-state index contributed by atoms with van der Waals surface area (Å²) in [4.78, 5) is 5.05. The molecule has 0 aliphatic carbocycles. The van der Waals surface area contributed by atoms with Crippen LogP contribution in [0.2, 0.25) is 10.0 Å². The summed E-state index contributed by atoms with van der Waals surface area (Å²) < 4.78 is 18.0. The molecule has 4 rings (SSSR count). The Balaban J connectivity index is 1.55. The van der Waals surface area contributed by atoms with Gasteiger partial charge in [-0.05, 0) is 72.6 Å².